The van der Waals surface area contributed by atoms with E-state index in [1.54, 1.807) is 13.1 Å². The third-order valence-electron chi connectivity index (χ3n) is 3.21. The Morgan fingerprint density at radius 1 is 1.50 bits per heavy atom. The quantitative estimate of drug-likeness (QED) is 0.795. The maximum Gasteiger partial charge on any atom is 0.276 e. The third kappa shape index (κ3) is 2.42. The molecule has 102 valence electrons. The molecule has 0 amide bonds. The van der Waals surface area contributed by atoms with Gasteiger partial charge in [0.05, 0.1) is 18.0 Å². The Labute approximate surface area is 112 Å². The van der Waals surface area contributed by atoms with Crippen LogP contribution in [0.1, 0.15) is 19.1 Å². The molecule has 7 heteroatoms. The Hall–Kier alpha value is -0.560. The zero-order chi connectivity index (χ0) is 13.3. The second-order valence-corrected chi connectivity index (χ2v) is 6.50. The lowest BCUT2D eigenvalue weighted by Gasteiger charge is -2.24. The number of nitrogens with zero attached hydrogens (tertiary/aromatic N) is 1. The minimum Gasteiger partial charge on any atom is -0.447 e. The fourth-order valence-electron chi connectivity index (χ4n) is 2.09. The van der Waals surface area contributed by atoms with Gasteiger partial charge in [-0.15, -0.1) is 11.6 Å². The smallest absolute Gasteiger partial charge is 0.276 e. The molecule has 2 heterocycles. The van der Waals surface area contributed by atoms with Gasteiger partial charge in [0.15, 0.2) is 0 Å². The topological polar surface area (TPSA) is 59.8 Å². The van der Waals surface area contributed by atoms with Crippen LogP contribution in [0, 0.1) is 0 Å². The fourth-order valence-corrected chi connectivity index (χ4v) is 3.60. The van der Waals surface area contributed by atoms with E-state index >= 15 is 0 Å². The fraction of sp³-hybridized carbons (Fsp3) is 0.636. The van der Waals surface area contributed by atoms with Crippen LogP contribution in [0.15, 0.2) is 21.6 Å². The predicted octanol–water partition coefficient (Wildman–Crippen LogP) is 1.82. The number of furan rings is 1. The molecule has 1 aliphatic rings. The number of rotatable bonds is 4. The van der Waals surface area contributed by atoms with Crippen molar-refractivity contribution in [2.45, 2.75) is 36.5 Å². The lowest BCUT2D eigenvalue weighted by atomic mass is 10.2. The van der Waals surface area contributed by atoms with Crippen LogP contribution in [-0.4, -0.2) is 38.5 Å². The summed E-state index contributed by atoms with van der Waals surface area (Å²) in [4.78, 5) is 0. The minimum atomic E-state index is -3.62. The van der Waals surface area contributed by atoms with E-state index in [4.69, 9.17) is 20.8 Å². The monoisotopic (exact) mass is 293 g/mol. The highest BCUT2D eigenvalue weighted by molar-refractivity contribution is 7.89. The first-order valence-corrected chi connectivity index (χ1v) is 7.68. The van der Waals surface area contributed by atoms with Crippen LogP contribution in [0.4, 0.5) is 0 Å². The molecule has 1 aromatic heterocycles. The van der Waals surface area contributed by atoms with Gasteiger partial charge < -0.3 is 9.15 Å². The van der Waals surface area contributed by atoms with Gasteiger partial charge in [-0.3, -0.25) is 0 Å². The second kappa shape index (κ2) is 5.21. The molecule has 0 spiro atoms. The van der Waals surface area contributed by atoms with E-state index in [0.29, 0.717) is 18.8 Å². The van der Waals surface area contributed by atoms with Crippen LogP contribution >= 0.6 is 11.6 Å². The molecule has 1 fully saturated rings. The molecule has 0 aromatic carbocycles. The van der Waals surface area contributed by atoms with Crippen LogP contribution in [-0.2, 0) is 20.6 Å². The summed E-state index contributed by atoms with van der Waals surface area (Å²) in [5.41, 5.74) is 0. The molecule has 18 heavy (non-hydrogen) atoms. The SMILES string of the molecule is CC1OCCC1N(C)S(=O)(=O)c1ccc(CCl)o1. The van der Waals surface area contributed by atoms with Crippen LogP contribution in [0.2, 0.25) is 0 Å². The van der Waals surface area contributed by atoms with Crippen LogP contribution < -0.4 is 0 Å². The Balaban J connectivity index is 2.24. The summed E-state index contributed by atoms with van der Waals surface area (Å²) >= 11 is 5.60. The summed E-state index contributed by atoms with van der Waals surface area (Å²) in [6, 6.07) is 2.85. The van der Waals surface area contributed by atoms with Crippen LogP contribution in [0.3, 0.4) is 0 Å². The molecule has 2 unspecified atom stereocenters. The number of halogens is 1. The molecule has 0 saturated carbocycles. The summed E-state index contributed by atoms with van der Waals surface area (Å²) in [6.07, 6.45) is 0.590. The number of likely N-dealkylation sites (N-methyl/N-ethyl adjacent to an activating group) is 1. The van der Waals surface area contributed by atoms with Crippen LogP contribution in [0.25, 0.3) is 0 Å². The first-order chi connectivity index (χ1) is 8.46. The van der Waals surface area contributed by atoms with E-state index in [1.165, 1.54) is 10.4 Å². The van der Waals surface area contributed by atoms with Gasteiger partial charge in [0.2, 0.25) is 5.09 Å². The second-order valence-electron chi connectivity index (χ2n) is 4.31. The molecule has 1 aliphatic heterocycles. The molecule has 0 aliphatic carbocycles. The van der Waals surface area contributed by atoms with Gasteiger partial charge in [0, 0.05) is 13.7 Å². The molecule has 1 saturated heterocycles. The van der Waals surface area contributed by atoms with Crippen molar-refractivity contribution in [1.29, 1.82) is 0 Å². The van der Waals surface area contributed by atoms with E-state index in [0.717, 1.165) is 0 Å². The number of hydrogen-bond acceptors (Lipinski definition) is 4. The lowest BCUT2D eigenvalue weighted by Crippen LogP contribution is -2.40. The van der Waals surface area contributed by atoms with Gasteiger partial charge in [-0.1, -0.05) is 0 Å². The van der Waals surface area contributed by atoms with E-state index in [2.05, 4.69) is 0 Å². The summed E-state index contributed by atoms with van der Waals surface area (Å²) in [5, 5.41) is -0.0697. The largest absolute Gasteiger partial charge is 0.447 e. The van der Waals surface area contributed by atoms with Crippen molar-refractivity contribution in [1.82, 2.24) is 4.31 Å². The van der Waals surface area contributed by atoms with Crippen molar-refractivity contribution in [2.24, 2.45) is 0 Å². The first kappa shape index (κ1) is 13.9. The molecule has 1 aromatic rings. The summed E-state index contributed by atoms with van der Waals surface area (Å²) in [6.45, 7) is 2.45. The minimum absolute atomic E-state index is 0.0697. The molecule has 0 bridgehead atoms. The average molecular weight is 294 g/mol. The number of hydrogen-bond donors (Lipinski definition) is 0. The van der Waals surface area contributed by atoms with Crippen molar-refractivity contribution < 1.29 is 17.6 Å². The van der Waals surface area contributed by atoms with Crippen LogP contribution in [0.5, 0.6) is 0 Å². The molecular weight excluding hydrogens is 278 g/mol. The summed E-state index contributed by atoms with van der Waals surface area (Å²) in [7, 11) is -2.07. The van der Waals surface area contributed by atoms with Crippen molar-refractivity contribution >= 4 is 21.6 Å². The standard InChI is InChI=1S/C11H16ClNO4S/c1-8-10(5-6-16-8)13(2)18(14,15)11-4-3-9(7-12)17-11/h3-4,8,10H,5-7H2,1-2H3. The van der Waals surface area contributed by atoms with E-state index in [-0.39, 0.29) is 23.1 Å². The molecule has 5 nitrogen and oxygen atoms in total. The highest BCUT2D eigenvalue weighted by atomic mass is 35.5. The number of sulfonamides is 1. The predicted molar refractivity (Wildman–Crippen MR) is 67.0 cm³/mol. The zero-order valence-electron chi connectivity index (χ0n) is 10.3. The van der Waals surface area contributed by atoms with E-state index < -0.39 is 10.0 Å². The van der Waals surface area contributed by atoms with Gasteiger partial charge >= 0.3 is 0 Å². The third-order valence-corrected chi connectivity index (χ3v) is 5.23. The van der Waals surface area contributed by atoms with Crippen molar-refractivity contribution in [3.8, 4) is 0 Å². The normalized spacial score (nSPS) is 24.9. The number of ether oxygens (including phenoxy) is 1. The lowest BCUT2D eigenvalue weighted by molar-refractivity contribution is 0.102. The first-order valence-electron chi connectivity index (χ1n) is 5.71. The van der Waals surface area contributed by atoms with Gasteiger partial charge in [-0.05, 0) is 25.5 Å². The van der Waals surface area contributed by atoms with Crippen molar-refractivity contribution in [3.63, 3.8) is 0 Å². The molecule has 0 radical (unpaired) electrons. The average Bonchev–Trinajstić information content (AvgIpc) is 2.96. The Morgan fingerprint density at radius 2 is 2.22 bits per heavy atom. The van der Waals surface area contributed by atoms with E-state index in [9.17, 15) is 8.42 Å². The maximum atomic E-state index is 12.3. The van der Waals surface area contributed by atoms with Gasteiger partial charge in [-0.2, -0.15) is 4.31 Å². The number of alkyl halides is 1. The molecule has 2 atom stereocenters. The summed E-state index contributed by atoms with van der Waals surface area (Å²) < 4.78 is 36.6. The van der Waals surface area contributed by atoms with Crippen molar-refractivity contribution in [3.05, 3.63) is 17.9 Å². The molecule has 0 N–H and O–H groups in total. The Bertz CT molecular complexity index is 513. The van der Waals surface area contributed by atoms with Gasteiger partial charge in [0.1, 0.15) is 5.76 Å². The van der Waals surface area contributed by atoms with Gasteiger partial charge in [-0.25, -0.2) is 8.42 Å². The highest BCUT2D eigenvalue weighted by Crippen LogP contribution is 2.26. The molecular formula is C11H16ClNO4S. The van der Waals surface area contributed by atoms with E-state index in [1.807, 2.05) is 6.92 Å². The maximum absolute atomic E-state index is 12.3. The highest BCUT2D eigenvalue weighted by Gasteiger charge is 2.36. The molecule has 2 rings (SSSR count). The Kier molecular flexibility index (Phi) is 4.01. The van der Waals surface area contributed by atoms with Crippen molar-refractivity contribution in [2.75, 3.05) is 13.7 Å². The summed E-state index contributed by atoms with van der Waals surface area (Å²) in [5.74, 6) is 0.599. The zero-order valence-corrected chi connectivity index (χ0v) is 11.9. The van der Waals surface area contributed by atoms with Gasteiger partial charge in [0.25, 0.3) is 10.0 Å². The Morgan fingerprint density at radius 3 is 2.72 bits per heavy atom.